The Morgan fingerprint density at radius 1 is 0.969 bits per heavy atom. The quantitative estimate of drug-likeness (QED) is 0.516. The van der Waals surface area contributed by atoms with Gasteiger partial charge in [0.25, 0.3) is 5.91 Å². The molecule has 0 radical (unpaired) electrons. The molecule has 0 saturated carbocycles. The van der Waals surface area contributed by atoms with Crippen LogP contribution in [-0.4, -0.2) is 33.7 Å². The molecule has 1 N–H and O–H groups in total. The van der Waals surface area contributed by atoms with Crippen molar-refractivity contribution in [1.82, 2.24) is 0 Å². The zero-order valence-electron chi connectivity index (χ0n) is 17.4. The lowest BCUT2D eigenvalue weighted by Crippen LogP contribution is -2.29. The molecule has 0 unspecified atom stereocenters. The molecule has 1 amide bonds. The van der Waals surface area contributed by atoms with Gasteiger partial charge >= 0.3 is 5.97 Å². The third-order valence-electron chi connectivity index (χ3n) is 4.64. The van der Waals surface area contributed by atoms with Gasteiger partial charge in [0.1, 0.15) is 0 Å². The van der Waals surface area contributed by atoms with Crippen molar-refractivity contribution in [3.05, 3.63) is 94.5 Å². The Bertz CT molecular complexity index is 1230. The molecule has 0 spiro atoms. The molecule has 0 heterocycles. The first-order valence-electron chi connectivity index (χ1n) is 9.50. The van der Waals surface area contributed by atoms with Crippen LogP contribution in [0.5, 0.6) is 0 Å². The lowest BCUT2D eigenvalue weighted by atomic mass is 10.1. The van der Waals surface area contributed by atoms with Crippen LogP contribution in [0.15, 0.2) is 72.8 Å². The molecule has 0 aromatic heterocycles. The van der Waals surface area contributed by atoms with Gasteiger partial charge < -0.3 is 10.1 Å². The summed E-state index contributed by atoms with van der Waals surface area (Å²) in [6, 6.07) is 19.5. The Kier molecular flexibility index (Phi) is 7.17. The van der Waals surface area contributed by atoms with Gasteiger partial charge in [0.05, 0.1) is 36.8 Å². The van der Waals surface area contributed by atoms with E-state index in [-0.39, 0.29) is 12.1 Å². The van der Waals surface area contributed by atoms with Gasteiger partial charge in [0.2, 0.25) is 10.0 Å². The fourth-order valence-corrected chi connectivity index (χ4v) is 4.02. The monoisotopic (exact) mass is 472 g/mol. The van der Waals surface area contributed by atoms with Gasteiger partial charge in [-0.1, -0.05) is 35.9 Å². The van der Waals surface area contributed by atoms with Crippen molar-refractivity contribution in [2.75, 3.05) is 23.0 Å². The summed E-state index contributed by atoms with van der Waals surface area (Å²) in [5, 5.41) is 3.24. The molecule has 0 aliphatic rings. The van der Waals surface area contributed by atoms with E-state index in [0.717, 1.165) is 11.8 Å². The number of anilines is 2. The van der Waals surface area contributed by atoms with Gasteiger partial charge in [-0.15, -0.1) is 0 Å². The Morgan fingerprint density at radius 3 is 2.19 bits per heavy atom. The average Bonchev–Trinajstić information content (AvgIpc) is 2.78. The predicted molar refractivity (Wildman–Crippen MR) is 125 cm³/mol. The number of halogens is 1. The summed E-state index contributed by atoms with van der Waals surface area (Å²) in [5.41, 5.74) is 2.02. The molecule has 0 atom stereocenters. The zero-order chi connectivity index (χ0) is 23.3. The van der Waals surface area contributed by atoms with E-state index in [1.807, 2.05) is 0 Å². The number of carbonyl (C=O) groups is 2. The number of methoxy groups -OCH3 is 1. The number of para-hydroxylation sites is 1. The van der Waals surface area contributed by atoms with E-state index in [1.54, 1.807) is 60.7 Å². The molecule has 0 aliphatic heterocycles. The van der Waals surface area contributed by atoms with Crippen LogP contribution >= 0.6 is 11.6 Å². The van der Waals surface area contributed by atoms with E-state index >= 15 is 0 Å². The average molecular weight is 473 g/mol. The van der Waals surface area contributed by atoms with Gasteiger partial charge in [-0.25, -0.2) is 13.2 Å². The first kappa shape index (κ1) is 23.3. The standard InChI is InChI=1S/C23H21ClN2O5S/c1-31-23(28)20-5-3-4-6-21(20)25-22(27)17-9-13-19(14-10-17)26(32(2,29)30)15-16-7-11-18(24)12-8-16/h3-14H,15H2,1-2H3,(H,25,27). The molecule has 7 nitrogen and oxygen atoms in total. The van der Waals surface area contributed by atoms with Crippen LogP contribution in [0.2, 0.25) is 5.02 Å². The summed E-state index contributed by atoms with van der Waals surface area (Å²) in [6.45, 7) is 0.119. The normalized spacial score (nSPS) is 11.0. The minimum atomic E-state index is -3.58. The number of ether oxygens (including phenoxy) is 1. The molecule has 3 aromatic rings. The number of rotatable bonds is 7. The molecule has 3 rings (SSSR count). The number of carbonyl (C=O) groups excluding carboxylic acids is 2. The summed E-state index contributed by atoms with van der Waals surface area (Å²) in [7, 11) is -2.32. The predicted octanol–water partition coefficient (Wildman–Crippen LogP) is 4.35. The van der Waals surface area contributed by atoms with E-state index in [1.165, 1.54) is 23.5 Å². The first-order valence-corrected chi connectivity index (χ1v) is 11.7. The second-order valence-electron chi connectivity index (χ2n) is 6.93. The summed E-state index contributed by atoms with van der Waals surface area (Å²) >= 11 is 5.90. The summed E-state index contributed by atoms with van der Waals surface area (Å²) in [5.74, 6) is -1.02. The number of sulfonamides is 1. The van der Waals surface area contributed by atoms with Crippen LogP contribution in [0, 0.1) is 0 Å². The second kappa shape index (κ2) is 9.84. The van der Waals surface area contributed by atoms with Crippen LogP contribution in [0.25, 0.3) is 0 Å². The highest BCUT2D eigenvalue weighted by atomic mass is 35.5. The molecular formula is C23H21ClN2O5S. The SMILES string of the molecule is COC(=O)c1ccccc1NC(=O)c1ccc(N(Cc2ccc(Cl)cc2)S(C)(=O)=O)cc1. The van der Waals surface area contributed by atoms with Gasteiger partial charge in [-0.05, 0) is 54.1 Å². The van der Waals surface area contributed by atoms with Crippen molar-refractivity contribution in [3.8, 4) is 0 Å². The van der Waals surface area contributed by atoms with Crippen LogP contribution < -0.4 is 9.62 Å². The summed E-state index contributed by atoms with van der Waals surface area (Å²) < 4.78 is 30.7. The lowest BCUT2D eigenvalue weighted by Gasteiger charge is -2.23. The van der Waals surface area contributed by atoms with Crippen molar-refractivity contribution < 1.29 is 22.7 Å². The third kappa shape index (κ3) is 5.66. The fraction of sp³-hybridized carbons (Fsp3) is 0.130. The van der Waals surface area contributed by atoms with Gasteiger partial charge in [0, 0.05) is 10.6 Å². The van der Waals surface area contributed by atoms with Gasteiger partial charge in [0.15, 0.2) is 0 Å². The van der Waals surface area contributed by atoms with Crippen molar-refractivity contribution in [2.24, 2.45) is 0 Å². The molecule has 0 saturated heterocycles. The summed E-state index contributed by atoms with van der Waals surface area (Å²) in [4.78, 5) is 24.6. The molecule has 32 heavy (non-hydrogen) atoms. The Labute approximate surface area is 191 Å². The number of hydrogen-bond donors (Lipinski definition) is 1. The number of nitrogens with one attached hydrogen (secondary N) is 1. The molecule has 166 valence electrons. The van der Waals surface area contributed by atoms with E-state index in [0.29, 0.717) is 22.0 Å². The van der Waals surface area contributed by atoms with Crippen LogP contribution in [0.4, 0.5) is 11.4 Å². The third-order valence-corrected chi connectivity index (χ3v) is 6.03. The maximum absolute atomic E-state index is 12.7. The molecule has 3 aromatic carbocycles. The largest absolute Gasteiger partial charge is 0.465 e. The number of hydrogen-bond acceptors (Lipinski definition) is 5. The highest BCUT2D eigenvalue weighted by Gasteiger charge is 2.19. The fourth-order valence-electron chi connectivity index (χ4n) is 3.01. The number of amides is 1. The maximum atomic E-state index is 12.7. The van der Waals surface area contributed by atoms with Crippen LogP contribution in [0.1, 0.15) is 26.3 Å². The highest BCUT2D eigenvalue weighted by molar-refractivity contribution is 7.92. The molecule has 0 bridgehead atoms. The van der Waals surface area contributed by atoms with Gasteiger partial charge in [-0.3, -0.25) is 9.10 Å². The van der Waals surface area contributed by atoms with Crippen molar-refractivity contribution in [2.45, 2.75) is 6.54 Å². The number of benzene rings is 3. The Morgan fingerprint density at radius 2 is 1.59 bits per heavy atom. The first-order chi connectivity index (χ1) is 15.2. The van der Waals surface area contributed by atoms with E-state index in [2.05, 4.69) is 5.32 Å². The maximum Gasteiger partial charge on any atom is 0.339 e. The Hall–Kier alpha value is -3.36. The highest BCUT2D eigenvalue weighted by Crippen LogP contribution is 2.23. The number of nitrogens with zero attached hydrogens (tertiary/aromatic N) is 1. The van der Waals surface area contributed by atoms with E-state index < -0.39 is 21.9 Å². The molecule has 0 fully saturated rings. The summed E-state index contributed by atoms with van der Waals surface area (Å²) in [6.07, 6.45) is 1.12. The number of esters is 1. The smallest absolute Gasteiger partial charge is 0.339 e. The van der Waals surface area contributed by atoms with Crippen molar-refractivity contribution in [1.29, 1.82) is 0 Å². The minimum absolute atomic E-state index is 0.119. The van der Waals surface area contributed by atoms with E-state index in [9.17, 15) is 18.0 Å². The minimum Gasteiger partial charge on any atom is -0.465 e. The van der Waals surface area contributed by atoms with Crippen molar-refractivity contribution >= 4 is 44.9 Å². The lowest BCUT2D eigenvalue weighted by molar-refractivity contribution is 0.0602. The van der Waals surface area contributed by atoms with Crippen LogP contribution in [0.3, 0.4) is 0 Å². The zero-order valence-corrected chi connectivity index (χ0v) is 19.0. The molecule has 9 heteroatoms. The second-order valence-corrected chi connectivity index (χ2v) is 9.28. The van der Waals surface area contributed by atoms with Gasteiger partial charge in [-0.2, -0.15) is 0 Å². The topological polar surface area (TPSA) is 92.8 Å². The van der Waals surface area contributed by atoms with Crippen molar-refractivity contribution in [3.63, 3.8) is 0 Å². The molecular weight excluding hydrogens is 452 g/mol. The Balaban J connectivity index is 1.82. The molecule has 0 aliphatic carbocycles. The van der Waals surface area contributed by atoms with E-state index in [4.69, 9.17) is 16.3 Å². The van der Waals surface area contributed by atoms with Crippen LogP contribution in [-0.2, 0) is 21.3 Å².